The van der Waals surface area contributed by atoms with Crippen molar-refractivity contribution in [1.29, 1.82) is 0 Å². The molecular formula is C20H23NO3. The molecule has 1 aliphatic rings. The van der Waals surface area contributed by atoms with Gasteiger partial charge in [0, 0.05) is 18.9 Å². The SMILES string of the molecule is O=C(CCCOc1ccccc1)NCC1CCOc2ccccc21. The minimum atomic E-state index is 0.0793. The second kappa shape index (κ2) is 8.39. The number of para-hydroxylation sites is 2. The summed E-state index contributed by atoms with van der Waals surface area (Å²) in [5.41, 5.74) is 1.19. The highest BCUT2D eigenvalue weighted by Crippen LogP contribution is 2.32. The third-order valence-corrected chi connectivity index (χ3v) is 4.19. The van der Waals surface area contributed by atoms with E-state index >= 15 is 0 Å². The van der Waals surface area contributed by atoms with Gasteiger partial charge < -0.3 is 14.8 Å². The van der Waals surface area contributed by atoms with Crippen molar-refractivity contribution in [3.05, 3.63) is 60.2 Å². The number of benzene rings is 2. The Morgan fingerprint density at radius 1 is 1.12 bits per heavy atom. The van der Waals surface area contributed by atoms with Crippen molar-refractivity contribution in [1.82, 2.24) is 5.32 Å². The largest absolute Gasteiger partial charge is 0.494 e. The van der Waals surface area contributed by atoms with E-state index in [1.54, 1.807) is 0 Å². The average Bonchev–Trinajstić information content (AvgIpc) is 2.64. The maximum absolute atomic E-state index is 12.0. The molecule has 1 aliphatic heterocycles. The van der Waals surface area contributed by atoms with Gasteiger partial charge in [-0.3, -0.25) is 4.79 Å². The van der Waals surface area contributed by atoms with Crippen molar-refractivity contribution in [3.8, 4) is 11.5 Å². The molecule has 1 atom stereocenters. The van der Waals surface area contributed by atoms with Crippen LogP contribution in [0.2, 0.25) is 0 Å². The predicted molar refractivity (Wildman–Crippen MR) is 93.5 cm³/mol. The number of rotatable bonds is 7. The molecule has 0 aliphatic carbocycles. The Hall–Kier alpha value is -2.49. The lowest BCUT2D eigenvalue weighted by Crippen LogP contribution is -2.30. The Bertz CT molecular complexity index is 657. The lowest BCUT2D eigenvalue weighted by atomic mass is 9.93. The van der Waals surface area contributed by atoms with Gasteiger partial charge in [-0.05, 0) is 36.6 Å². The van der Waals surface area contributed by atoms with E-state index in [2.05, 4.69) is 11.4 Å². The van der Waals surface area contributed by atoms with Crippen LogP contribution in [0.4, 0.5) is 0 Å². The molecule has 4 heteroatoms. The van der Waals surface area contributed by atoms with Gasteiger partial charge in [0.1, 0.15) is 11.5 Å². The molecule has 24 heavy (non-hydrogen) atoms. The second-order valence-electron chi connectivity index (χ2n) is 5.94. The highest BCUT2D eigenvalue weighted by Gasteiger charge is 2.21. The summed E-state index contributed by atoms with van der Waals surface area (Å²) in [6.45, 7) is 1.93. The summed E-state index contributed by atoms with van der Waals surface area (Å²) in [7, 11) is 0. The number of fused-ring (bicyclic) bond motifs is 1. The molecule has 0 saturated carbocycles. The summed E-state index contributed by atoms with van der Waals surface area (Å²) in [5.74, 6) is 2.20. The van der Waals surface area contributed by atoms with Gasteiger partial charge in [0.05, 0.1) is 13.2 Å². The maximum Gasteiger partial charge on any atom is 0.220 e. The molecule has 4 nitrogen and oxygen atoms in total. The minimum absolute atomic E-state index is 0.0793. The van der Waals surface area contributed by atoms with Crippen LogP contribution in [0.15, 0.2) is 54.6 Å². The normalized spacial score (nSPS) is 15.9. The molecular weight excluding hydrogens is 302 g/mol. The van der Waals surface area contributed by atoms with Gasteiger partial charge in [-0.25, -0.2) is 0 Å². The fraction of sp³-hybridized carbons (Fsp3) is 0.350. The molecule has 1 unspecified atom stereocenters. The van der Waals surface area contributed by atoms with Crippen molar-refractivity contribution in [2.24, 2.45) is 0 Å². The van der Waals surface area contributed by atoms with E-state index in [4.69, 9.17) is 9.47 Å². The molecule has 0 aromatic heterocycles. The Kier molecular flexibility index (Phi) is 5.72. The number of amides is 1. The Morgan fingerprint density at radius 2 is 1.92 bits per heavy atom. The number of hydrogen-bond acceptors (Lipinski definition) is 3. The van der Waals surface area contributed by atoms with Gasteiger partial charge in [-0.2, -0.15) is 0 Å². The highest BCUT2D eigenvalue weighted by molar-refractivity contribution is 5.75. The minimum Gasteiger partial charge on any atom is -0.494 e. The van der Waals surface area contributed by atoms with E-state index in [1.807, 2.05) is 48.5 Å². The van der Waals surface area contributed by atoms with Crippen molar-refractivity contribution >= 4 is 5.91 Å². The van der Waals surface area contributed by atoms with Gasteiger partial charge in [0.25, 0.3) is 0 Å². The van der Waals surface area contributed by atoms with E-state index in [0.717, 1.165) is 17.9 Å². The van der Waals surface area contributed by atoms with Crippen LogP contribution in [-0.4, -0.2) is 25.7 Å². The monoisotopic (exact) mass is 325 g/mol. The lowest BCUT2D eigenvalue weighted by molar-refractivity contribution is -0.121. The molecule has 0 saturated heterocycles. The van der Waals surface area contributed by atoms with Crippen LogP contribution in [0.25, 0.3) is 0 Å². The highest BCUT2D eigenvalue weighted by atomic mass is 16.5. The lowest BCUT2D eigenvalue weighted by Gasteiger charge is -2.26. The van der Waals surface area contributed by atoms with Gasteiger partial charge in [-0.15, -0.1) is 0 Å². The molecule has 0 radical (unpaired) electrons. The predicted octanol–water partition coefficient (Wildman–Crippen LogP) is 3.53. The van der Waals surface area contributed by atoms with Crippen LogP contribution in [0.5, 0.6) is 11.5 Å². The van der Waals surface area contributed by atoms with Crippen LogP contribution in [0.3, 0.4) is 0 Å². The number of carbonyl (C=O) groups is 1. The van der Waals surface area contributed by atoms with Crippen molar-refractivity contribution in [2.75, 3.05) is 19.8 Å². The summed E-state index contributed by atoms with van der Waals surface area (Å²) < 4.78 is 11.3. The van der Waals surface area contributed by atoms with Gasteiger partial charge in [-0.1, -0.05) is 36.4 Å². The average molecular weight is 325 g/mol. The summed E-state index contributed by atoms with van der Waals surface area (Å²) in [5, 5.41) is 3.04. The summed E-state index contributed by atoms with van der Waals surface area (Å²) in [6, 6.07) is 17.7. The first-order valence-electron chi connectivity index (χ1n) is 8.49. The molecule has 1 heterocycles. The molecule has 1 N–H and O–H groups in total. The topological polar surface area (TPSA) is 47.6 Å². The van der Waals surface area contributed by atoms with Crippen molar-refractivity contribution in [2.45, 2.75) is 25.2 Å². The Labute approximate surface area is 142 Å². The Balaban J connectivity index is 1.37. The third-order valence-electron chi connectivity index (χ3n) is 4.19. The van der Waals surface area contributed by atoms with Crippen LogP contribution >= 0.6 is 0 Å². The Morgan fingerprint density at radius 3 is 2.79 bits per heavy atom. The standard InChI is InChI=1S/C20H23NO3/c22-20(11-6-13-23-17-7-2-1-3-8-17)21-15-16-12-14-24-19-10-5-4-9-18(16)19/h1-5,7-10,16H,6,11-15H2,(H,21,22). The fourth-order valence-electron chi connectivity index (χ4n) is 2.89. The van der Waals surface area contributed by atoms with Gasteiger partial charge in [0.15, 0.2) is 0 Å². The first kappa shape index (κ1) is 16.4. The number of carbonyl (C=O) groups excluding carboxylic acids is 1. The fourth-order valence-corrected chi connectivity index (χ4v) is 2.89. The number of nitrogens with one attached hydrogen (secondary N) is 1. The second-order valence-corrected chi connectivity index (χ2v) is 5.94. The molecule has 0 spiro atoms. The molecule has 1 amide bonds. The summed E-state index contributed by atoms with van der Waals surface area (Å²) in [4.78, 5) is 12.0. The van der Waals surface area contributed by atoms with E-state index in [-0.39, 0.29) is 5.91 Å². The summed E-state index contributed by atoms with van der Waals surface area (Å²) in [6.07, 6.45) is 2.14. The molecule has 0 bridgehead atoms. The number of ether oxygens (including phenoxy) is 2. The smallest absolute Gasteiger partial charge is 0.220 e. The van der Waals surface area contributed by atoms with Gasteiger partial charge >= 0.3 is 0 Å². The van der Waals surface area contributed by atoms with E-state index in [0.29, 0.717) is 38.5 Å². The summed E-state index contributed by atoms with van der Waals surface area (Å²) >= 11 is 0. The zero-order chi connectivity index (χ0) is 16.6. The molecule has 2 aromatic carbocycles. The third kappa shape index (κ3) is 4.51. The number of hydrogen-bond donors (Lipinski definition) is 1. The molecule has 3 rings (SSSR count). The van der Waals surface area contributed by atoms with E-state index < -0.39 is 0 Å². The van der Waals surface area contributed by atoms with E-state index in [1.165, 1.54) is 5.56 Å². The van der Waals surface area contributed by atoms with E-state index in [9.17, 15) is 4.79 Å². The first-order chi connectivity index (χ1) is 11.8. The quantitative estimate of drug-likeness (QED) is 0.792. The van der Waals surface area contributed by atoms with Crippen LogP contribution in [0.1, 0.15) is 30.7 Å². The van der Waals surface area contributed by atoms with Crippen LogP contribution < -0.4 is 14.8 Å². The molecule has 0 fully saturated rings. The molecule has 126 valence electrons. The first-order valence-corrected chi connectivity index (χ1v) is 8.49. The zero-order valence-corrected chi connectivity index (χ0v) is 13.7. The zero-order valence-electron chi connectivity index (χ0n) is 13.7. The van der Waals surface area contributed by atoms with Gasteiger partial charge in [0.2, 0.25) is 5.91 Å². The molecule has 2 aromatic rings. The van der Waals surface area contributed by atoms with Crippen LogP contribution in [0, 0.1) is 0 Å². The van der Waals surface area contributed by atoms with Crippen molar-refractivity contribution in [3.63, 3.8) is 0 Å². The van der Waals surface area contributed by atoms with Crippen molar-refractivity contribution < 1.29 is 14.3 Å². The van der Waals surface area contributed by atoms with Crippen LogP contribution in [-0.2, 0) is 4.79 Å². The maximum atomic E-state index is 12.0.